The van der Waals surface area contributed by atoms with Crippen molar-refractivity contribution in [1.29, 1.82) is 0 Å². The van der Waals surface area contributed by atoms with Crippen LogP contribution in [0.3, 0.4) is 0 Å². The lowest BCUT2D eigenvalue weighted by Gasteiger charge is -2.16. The highest BCUT2D eigenvalue weighted by molar-refractivity contribution is 5.74. The van der Waals surface area contributed by atoms with Gasteiger partial charge in [-0.15, -0.1) is 0 Å². The van der Waals surface area contributed by atoms with Crippen LogP contribution in [-0.4, -0.2) is 41.9 Å². The maximum absolute atomic E-state index is 11.7. The van der Waals surface area contributed by atoms with Crippen LogP contribution in [-0.2, 0) is 16.0 Å². The smallest absolute Gasteiger partial charge is 0.332 e. The Morgan fingerprint density at radius 3 is 2.90 bits per heavy atom. The fraction of sp³-hybridized carbons (Fsp3) is 0.571. The minimum Gasteiger partial charge on any atom is -0.479 e. The number of carboxylic acid groups (broad SMARTS) is 1. The number of amides is 2. The molecule has 1 aliphatic heterocycles. The molecule has 0 aromatic carbocycles. The molecule has 3 atom stereocenters. The van der Waals surface area contributed by atoms with E-state index >= 15 is 0 Å². The predicted molar refractivity (Wildman–Crippen MR) is 73.9 cm³/mol. The Hall–Kier alpha value is -2.02. The number of carboxylic acids is 1. The van der Waals surface area contributed by atoms with Crippen LogP contribution in [0.4, 0.5) is 4.79 Å². The molecule has 2 rings (SSSR count). The minimum absolute atomic E-state index is 0.0626. The number of rotatable bonds is 6. The van der Waals surface area contributed by atoms with Crippen molar-refractivity contribution in [2.75, 3.05) is 6.54 Å². The Morgan fingerprint density at radius 1 is 1.48 bits per heavy atom. The first-order valence-electron chi connectivity index (χ1n) is 6.99. The van der Waals surface area contributed by atoms with Crippen molar-refractivity contribution < 1.29 is 23.8 Å². The summed E-state index contributed by atoms with van der Waals surface area (Å²) in [5.74, 6) is -0.139. The molecule has 7 nitrogen and oxygen atoms in total. The molecular weight excluding hydrogens is 276 g/mol. The van der Waals surface area contributed by atoms with Crippen molar-refractivity contribution >= 4 is 12.0 Å². The van der Waals surface area contributed by atoms with Gasteiger partial charge in [-0.25, -0.2) is 9.59 Å². The van der Waals surface area contributed by atoms with Crippen LogP contribution in [0.25, 0.3) is 0 Å². The number of carbonyl (C=O) groups excluding carboxylic acids is 1. The Labute approximate surface area is 122 Å². The Balaban J connectivity index is 1.64. The Morgan fingerprint density at radius 2 is 2.29 bits per heavy atom. The van der Waals surface area contributed by atoms with Gasteiger partial charge in [0.15, 0.2) is 6.10 Å². The second-order valence-electron chi connectivity index (χ2n) is 5.20. The molecule has 1 saturated heterocycles. The van der Waals surface area contributed by atoms with E-state index in [0.29, 0.717) is 25.8 Å². The molecule has 21 heavy (non-hydrogen) atoms. The zero-order valence-electron chi connectivity index (χ0n) is 11.9. The van der Waals surface area contributed by atoms with Crippen LogP contribution in [0.15, 0.2) is 22.8 Å². The fourth-order valence-corrected chi connectivity index (χ4v) is 2.30. The van der Waals surface area contributed by atoms with Gasteiger partial charge in [0.2, 0.25) is 0 Å². The van der Waals surface area contributed by atoms with E-state index < -0.39 is 12.1 Å². The van der Waals surface area contributed by atoms with E-state index in [-0.39, 0.29) is 18.2 Å². The number of aliphatic carboxylic acids is 1. The van der Waals surface area contributed by atoms with Crippen molar-refractivity contribution in [3.05, 3.63) is 24.2 Å². The van der Waals surface area contributed by atoms with E-state index in [1.54, 1.807) is 12.3 Å². The lowest BCUT2D eigenvalue weighted by Crippen LogP contribution is -2.44. The third-order valence-corrected chi connectivity index (χ3v) is 3.34. The second kappa shape index (κ2) is 7.12. The van der Waals surface area contributed by atoms with Gasteiger partial charge in [-0.1, -0.05) is 0 Å². The second-order valence-corrected chi connectivity index (χ2v) is 5.20. The zero-order valence-corrected chi connectivity index (χ0v) is 11.9. The van der Waals surface area contributed by atoms with Crippen LogP contribution >= 0.6 is 0 Å². The average Bonchev–Trinajstić information content (AvgIpc) is 3.06. The maximum atomic E-state index is 11.7. The van der Waals surface area contributed by atoms with E-state index in [9.17, 15) is 9.59 Å². The molecule has 3 N–H and O–H groups in total. The summed E-state index contributed by atoms with van der Waals surface area (Å²) in [6.07, 6.45) is 2.34. The summed E-state index contributed by atoms with van der Waals surface area (Å²) in [6, 6.07) is 3.30. The highest BCUT2D eigenvalue weighted by Crippen LogP contribution is 2.19. The molecule has 1 fully saturated rings. The van der Waals surface area contributed by atoms with Crippen LogP contribution in [0, 0.1) is 0 Å². The molecule has 1 aliphatic rings. The summed E-state index contributed by atoms with van der Waals surface area (Å²) < 4.78 is 10.5. The topological polar surface area (TPSA) is 101 Å². The molecule has 0 radical (unpaired) electrons. The summed E-state index contributed by atoms with van der Waals surface area (Å²) in [5, 5.41) is 14.3. The first-order chi connectivity index (χ1) is 10.0. The van der Waals surface area contributed by atoms with Crippen molar-refractivity contribution in [3.8, 4) is 0 Å². The number of nitrogens with one attached hydrogen (secondary N) is 2. The van der Waals surface area contributed by atoms with Gasteiger partial charge in [-0.3, -0.25) is 0 Å². The van der Waals surface area contributed by atoms with E-state index in [1.165, 1.54) is 0 Å². The van der Waals surface area contributed by atoms with Gasteiger partial charge in [0.25, 0.3) is 0 Å². The number of urea groups is 1. The van der Waals surface area contributed by atoms with Gasteiger partial charge in [0, 0.05) is 19.0 Å². The minimum atomic E-state index is -0.950. The SMILES string of the molecule is CC(Cc1ccco1)NC(=O)NCC1CCC(C(=O)O)O1. The van der Waals surface area contributed by atoms with Crippen molar-refractivity contribution in [2.45, 2.75) is 44.4 Å². The molecular formula is C14H20N2O5. The fourth-order valence-electron chi connectivity index (χ4n) is 2.30. The molecule has 116 valence electrons. The average molecular weight is 296 g/mol. The van der Waals surface area contributed by atoms with Crippen molar-refractivity contribution in [3.63, 3.8) is 0 Å². The number of furan rings is 1. The lowest BCUT2D eigenvalue weighted by atomic mass is 10.2. The number of carbonyl (C=O) groups is 2. The summed E-state index contributed by atoms with van der Waals surface area (Å²) in [7, 11) is 0. The Kier molecular flexibility index (Phi) is 5.21. The van der Waals surface area contributed by atoms with Gasteiger partial charge in [-0.2, -0.15) is 0 Å². The Bertz CT molecular complexity index is 474. The molecule has 0 bridgehead atoms. The summed E-state index contributed by atoms with van der Waals surface area (Å²) in [6.45, 7) is 2.19. The van der Waals surface area contributed by atoms with Gasteiger partial charge in [-0.05, 0) is 31.9 Å². The molecule has 0 spiro atoms. The van der Waals surface area contributed by atoms with E-state index in [2.05, 4.69) is 10.6 Å². The number of ether oxygens (including phenoxy) is 1. The zero-order chi connectivity index (χ0) is 15.2. The standard InChI is InChI=1S/C14H20N2O5/c1-9(7-10-3-2-6-20-10)16-14(19)15-8-11-4-5-12(21-11)13(17)18/h2-3,6,9,11-12H,4-5,7-8H2,1H3,(H,17,18)(H2,15,16,19). The lowest BCUT2D eigenvalue weighted by molar-refractivity contribution is -0.149. The van der Waals surface area contributed by atoms with Gasteiger partial charge >= 0.3 is 12.0 Å². The first kappa shape index (κ1) is 15.4. The predicted octanol–water partition coefficient (Wildman–Crippen LogP) is 1.14. The molecule has 1 aromatic heterocycles. The molecule has 7 heteroatoms. The third-order valence-electron chi connectivity index (χ3n) is 3.34. The molecule has 3 unspecified atom stereocenters. The highest BCUT2D eigenvalue weighted by Gasteiger charge is 2.30. The van der Waals surface area contributed by atoms with Crippen molar-refractivity contribution in [1.82, 2.24) is 10.6 Å². The van der Waals surface area contributed by atoms with Crippen LogP contribution < -0.4 is 10.6 Å². The summed E-state index contributed by atoms with van der Waals surface area (Å²) in [4.78, 5) is 22.5. The first-order valence-corrected chi connectivity index (χ1v) is 6.99. The summed E-state index contributed by atoms with van der Waals surface area (Å²) in [5.41, 5.74) is 0. The monoisotopic (exact) mass is 296 g/mol. The molecule has 0 aliphatic carbocycles. The molecule has 1 aromatic rings. The van der Waals surface area contributed by atoms with Crippen LogP contribution in [0.1, 0.15) is 25.5 Å². The molecule has 0 saturated carbocycles. The third kappa shape index (κ3) is 4.78. The van der Waals surface area contributed by atoms with Gasteiger partial charge in [0.05, 0.1) is 12.4 Å². The molecule has 2 heterocycles. The quantitative estimate of drug-likeness (QED) is 0.731. The largest absolute Gasteiger partial charge is 0.479 e. The van der Waals surface area contributed by atoms with Crippen LogP contribution in [0.5, 0.6) is 0 Å². The molecule has 2 amide bonds. The van der Waals surface area contributed by atoms with Gasteiger partial charge in [0.1, 0.15) is 5.76 Å². The van der Waals surface area contributed by atoms with E-state index in [1.807, 2.05) is 13.0 Å². The highest BCUT2D eigenvalue weighted by atomic mass is 16.5. The summed E-state index contributed by atoms with van der Waals surface area (Å²) >= 11 is 0. The van der Waals surface area contributed by atoms with E-state index in [0.717, 1.165) is 5.76 Å². The van der Waals surface area contributed by atoms with Gasteiger partial charge < -0.3 is 24.9 Å². The van der Waals surface area contributed by atoms with E-state index in [4.69, 9.17) is 14.3 Å². The normalized spacial score (nSPS) is 22.7. The number of hydrogen-bond acceptors (Lipinski definition) is 4. The van der Waals surface area contributed by atoms with Crippen LogP contribution in [0.2, 0.25) is 0 Å². The van der Waals surface area contributed by atoms with Crippen molar-refractivity contribution in [2.24, 2.45) is 0 Å². The maximum Gasteiger partial charge on any atom is 0.332 e. The number of hydrogen-bond donors (Lipinski definition) is 3.